The SMILES string of the molecule is COc1cc(OC)c(C(=O)NC[C@@H](c2cccs2)N(C)C)cc1OC. The Morgan fingerprint density at radius 2 is 1.76 bits per heavy atom. The third kappa shape index (κ3) is 4.43. The van der Waals surface area contributed by atoms with Gasteiger partial charge in [-0.05, 0) is 25.5 Å². The van der Waals surface area contributed by atoms with Gasteiger partial charge in [0.2, 0.25) is 0 Å². The van der Waals surface area contributed by atoms with Crippen molar-refractivity contribution in [2.24, 2.45) is 0 Å². The van der Waals surface area contributed by atoms with Gasteiger partial charge in [0.15, 0.2) is 11.5 Å². The summed E-state index contributed by atoms with van der Waals surface area (Å²) in [4.78, 5) is 16.0. The van der Waals surface area contributed by atoms with Gasteiger partial charge in [0.05, 0.1) is 32.9 Å². The molecule has 0 aliphatic carbocycles. The van der Waals surface area contributed by atoms with Gasteiger partial charge in [-0.15, -0.1) is 11.3 Å². The number of hydrogen-bond acceptors (Lipinski definition) is 6. The molecule has 0 bridgehead atoms. The van der Waals surface area contributed by atoms with E-state index in [0.717, 1.165) is 0 Å². The van der Waals surface area contributed by atoms with Crippen LogP contribution >= 0.6 is 11.3 Å². The van der Waals surface area contributed by atoms with E-state index in [9.17, 15) is 4.79 Å². The number of hydrogen-bond donors (Lipinski definition) is 1. The Labute approximate surface area is 152 Å². The molecule has 0 aliphatic heterocycles. The lowest BCUT2D eigenvalue weighted by Crippen LogP contribution is -2.34. The molecular weight excluding hydrogens is 340 g/mol. The minimum atomic E-state index is -0.221. The molecule has 25 heavy (non-hydrogen) atoms. The van der Waals surface area contributed by atoms with Crippen molar-refractivity contribution in [3.63, 3.8) is 0 Å². The van der Waals surface area contributed by atoms with Crippen LogP contribution in [0.25, 0.3) is 0 Å². The van der Waals surface area contributed by atoms with E-state index in [1.165, 1.54) is 19.1 Å². The van der Waals surface area contributed by atoms with Crippen molar-refractivity contribution in [1.82, 2.24) is 10.2 Å². The van der Waals surface area contributed by atoms with Crippen molar-refractivity contribution in [2.75, 3.05) is 42.0 Å². The summed E-state index contributed by atoms with van der Waals surface area (Å²) >= 11 is 1.67. The molecule has 0 aliphatic rings. The summed E-state index contributed by atoms with van der Waals surface area (Å²) in [5.74, 6) is 1.21. The standard InChI is InChI=1S/C18H24N2O4S/c1-20(2)13(17-7-6-8-25-17)11-19-18(21)12-9-15(23-4)16(24-5)10-14(12)22-3/h6-10,13H,11H2,1-5H3,(H,19,21)/t13-/m0/s1. The zero-order chi connectivity index (χ0) is 18.4. The van der Waals surface area contributed by atoms with Crippen molar-refractivity contribution in [3.05, 3.63) is 40.1 Å². The number of ether oxygens (including phenoxy) is 3. The highest BCUT2D eigenvalue weighted by Crippen LogP contribution is 2.34. The van der Waals surface area contributed by atoms with Crippen LogP contribution in [0.1, 0.15) is 21.3 Å². The van der Waals surface area contributed by atoms with Gasteiger partial charge < -0.3 is 24.4 Å². The number of likely N-dealkylation sites (N-methyl/N-ethyl adjacent to an activating group) is 1. The molecule has 0 fully saturated rings. The molecule has 1 aromatic carbocycles. The number of thiophene rings is 1. The maximum Gasteiger partial charge on any atom is 0.255 e. The first-order valence-corrected chi connectivity index (χ1v) is 8.67. The van der Waals surface area contributed by atoms with Crippen molar-refractivity contribution >= 4 is 17.2 Å². The molecule has 0 spiro atoms. The number of nitrogens with zero attached hydrogens (tertiary/aromatic N) is 1. The summed E-state index contributed by atoms with van der Waals surface area (Å²) in [6.45, 7) is 0.490. The van der Waals surface area contributed by atoms with Crippen LogP contribution in [0, 0.1) is 0 Å². The fourth-order valence-corrected chi connectivity index (χ4v) is 3.43. The van der Waals surface area contributed by atoms with Crippen LogP contribution in [0.4, 0.5) is 0 Å². The smallest absolute Gasteiger partial charge is 0.255 e. The van der Waals surface area contributed by atoms with Gasteiger partial charge in [-0.2, -0.15) is 0 Å². The summed E-state index contributed by atoms with van der Waals surface area (Å²) in [5.41, 5.74) is 0.406. The van der Waals surface area contributed by atoms with Gasteiger partial charge in [0, 0.05) is 23.6 Å². The van der Waals surface area contributed by atoms with Crippen molar-refractivity contribution in [1.29, 1.82) is 0 Å². The Kier molecular flexibility index (Phi) is 6.66. The summed E-state index contributed by atoms with van der Waals surface area (Å²) in [7, 11) is 8.58. The second-order valence-electron chi connectivity index (χ2n) is 5.61. The summed E-state index contributed by atoms with van der Waals surface area (Å²) in [6.07, 6.45) is 0. The van der Waals surface area contributed by atoms with Crippen molar-refractivity contribution < 1.29 is 19.0 Å². The molecule has 1 amide bonds. The molecule has 136 valence electrons. The number of carbonyl (C=O) groups excluding carboxylic acids is 1. The van der Waals surface area contributed by atoms with Gasteiger partial charge in [0.25, 0.3) is 5.91 Å². The van der Waals surface area contributed by atoms with Gasteiger partial charge in [-0.25, -0.2) is 0 Å². The quantitative estimate of drug-likeness (QED) is 0.780. The second-order valence-corrected chi connectivity index (χ2v) is 6.59. The maximum absolute atomic E-state index is 12.7. The second kappa shape index (κ2) is 8.73. The predicted molar refractivity (Wildman–Crippen MR) is 99.2 cm³/mol. The fraction of sp³-hybridized carbons (Fsp3) is 0.389. The Morgan fingerprint density at radius 3 is 2.28 bits per heavy atom. The summed E-state index contributed by atoms with van der Waals surface area (Å²) in [6, 6.07) is 7.46. The van der Waals surface area contributed by atoms with Gasteiger partial charge in [-0.3, -0.25) is 4.79 Å². The molecule has 2 aromatic rings. The number of methoxy groups -OCH3 is 3. The highest BCUT2D eigenvalue weighted by molar-refractivity contribution is 7.10. The minimum Gasteiger partial charge on any atom is -0.496 e. The molecule has 7 heteroatoms. The third-order valence-electron chi connectivity index (χ3n) is 3.90. The monoisotopic (exact) mass is 364 g/mol. The molecule has 0 saturated heterocycles. The van der Waals surface area contributed by atoms with Crippen LogP contribution in [-0.2, 0) is 0 Å². The highest BCUT2D eigenvalue weighted by atomic mass is 32.1. The van der Waals surface area contributed by atoms with E-state index in [1.54, 1.807) is 30.6 Å². The van der Waals surface area contributed by atoms with Crippen LogP contribution < -0.4 is 19.5 Å². The Balaban J connectivity index is 2.19. The molecule has 1 atom stereocenters. The van der Waals surface area contributed by atoms with Gasteiger partial charge >= 0.3 is 0 Å². The van der Waals surface area contributed by atoms with E-state index >= 15 is 0 Å². The largest absolute Gasteiger partial charge is 0.496 e. The summed E-state index contributed by atoms with van der Waals surface area (Å²) < 4.78 is 15.9. The first-order valence-electron chi connectivity index (χ1n) is 7.79. The van der Waals surface area contributed by atoms with Gasteiger partial charge in [-0.1, -0.05) is 6.07 Å². The van der Waals surface area contributed by atoms with Crippen LogP contribution in [0.2, 0.25) is 0 Å². The molecule has 1 aromatic heterocycles. The maximum atomic E-state index is 12.7. The molecule has 6 nitrogen and oxygen atoms in total. The van der Waals surface area contributed by atoms with E-state index in [0.29, 0.717) is 29.4 Å². The first kappa shape index (κ1) is 19.1. The lowest BCUT2D eigenvalue weighted by molar-refractivity contribution is 0.0938. The van der Waals surface area contributed by atoms with Gasteiger partial charge in [0.1, 0.15) is 5.75 Å². The molecule has 0 radical (unpaired) electrons. The Bertz CT molecular complexity index is 701. The number of benzene rings is 1. The average molecular weight is 364 g/mol. The Hall–Kier alpha value is -2.25. The average Bonchev–Trinajstić information content (AvgIpc) is 3.14. The molecule has 0 saturated carbocycles. The van der Waals surface area contributed by atoms with E-state index in [1.807, 2.05) is 25.5 Å². The topological polar surface area (TPSA) is 60.0 Å². The van der Waals surface area contributed by atoms with Crippen LogP contribution in [0.5, 0.6) is 17.2 Å². The van der Waals surface area contributed by atoms with Crippen molar-refractivity contribution in [3.8, 4) is 17.2 Å². The first-order chi connectivity index (χ1) is 12.0. The molecule has 1 heterocycles. The summed E-state index contributed by atoms with van der Waals surface area (Å²) in [5, 5.41) is 5.01. The lowest BCUT2D eigenvalue weighted by atomic mass is 10.1. The predicted octanol–water partition coefficient (Wildman–Crippen LogP) is 2.81. The van der Waals surface area contributed by atoms with Crippen LogP contribution in [0.3, 0.4) is 0 Å². The molecule has 2 rings (SSSR count). The van der Waals surface area contributed by atoms with E-state index < -0.39 is 0 Å². The number of amides is 1. The number of nitrogens with one attached hydrogen (secondary N) is 1. The molecule has 0 unspecified atom stereocenters. The Morgan fingerprint density at radius 1 is 1.12 bits per heavy atom. The van der Waals surface area contributed by atoms with Crippen molar-refractivity contribution in [2.45, 2.75) is 6.04 Å². The molecule has 1 N–H and O–H groups in total. The molecular formula is C18H24N2O4S. The van der Waals surface area contributed by atoms with Crippen LogP contribution in [-0.4, -0.2) is 52.8 Å². The zero-order valence-electron chi connectivity index (χ0n) is 15.2. The van der Waals surface area contributed by atoms with E-state index in [-0.39, 0.29) is 11.9 Å². The number of rotatable bonds is 8. The zero-order valence-corrected chi connectivity index (χ0v) is 16.0. The number of carbonyl (C=O) groups is 1. The minimum absolute atomic E-state index is 0.107. The normalized spacial score (nSPS) is 11.9. The van der Waals surface area contributed by atoms with E-state index in [2.05, 4.69) is 16.3 Å². The van der Waals surface area contributed by atoms with E-state index in [4.69, 9.17) is 14.2 Å². The third-order valence-corrected chi connectivity index (χ3v) is 4.87. The fourth-order valence-electron chi connectivity index (χ4n) is 2.51. The van der Waals surface area contributed by atoms with Crippen LogP contribution in [0.15, 0.2) is 29.6 Å². The highest BCUT2D eigenvalue weighted by Gasteiger charge is 2.20. The lowest BCUT2D eigenvalue weighted by Gasteiger charge is -2.24.